The number of anilines is 2. The van der Waals surface area contributed by atoms with Crippen LogP contribution in [0.15, 0.2) is 61.1 Å². The fourth-order valence-corrected chi connectivity index (χ4v) is 2.48. The molecule has 7 heteroatoms. The minimum atomic E-state index is -0.254. The quantitative estimate of drug-likeness (QED) is 0.693. The number of amides is 1. The summed E-state index contributed by atoms with van der Waals surface area (Å²) in [5, 5.41) is 6.82. The number of hydrogen-bond acceptors (Lipinski definition) is 4. The Morgan fingerprint density at radius 3 is 2.64 bits per heavy atom. The number of rotatable bonds is 5. The van der Waals surface area contributed by atoms with Gasteiger partial charge in [0.15, 0.2) is 0 Å². The first-order valence-electron chi connectivity index (χ1n) is 7.47. The van der Waals surface area contributed by atoms with Crippen molar-refractivity contribution >= 4 is 40.5 Å². The normalized spacial score (nSPS) is 10.3. The molecule has 0 saturated carbocycles. The summed E-state index contributed by atoms with van der Waals surface area (Å²) in [5.74, 6) is -0.254. The lowest BCUT2D eigenvalue weighted by molar-refractivity contribution is 0.0946. The topological polar surface area (TPSA) is 66.9 Å². The van der Waals surface area contributed by atoms with Crippen LogP contribution in [0.5, 0.6) is 0 Å². The van der Waals surface area contributed by atoms with E-state index in [1.165, 1.54) is 0 Å². The Bertz CT molecular complexity index is 870. The zero-order valence-corrected chi connectivity index (χ0v) is 14.6. The molecule has 126 valence electrons. The SMILES string of the molecule is O=C(NCc1cccnc1)c1ccc(Nc2cccc(Cl)c2Cl)cn1. The highest BCUT2D eigenvalue weighted by Crippen LogP contribution is 2.31. The molecular weight excluding hydrogens is 359 g/mol. The summed E-state index contributed by atoms with van der Waals surface area (Å²) < 4.78 is 0. The van der Waals surface area contributed by atoms with Crippen molar-refractivity contribution in [2.45, 2.75) is 6.54 Å². The third-order valence-corrected chi connectivity index (χ3v) is 4.22. The minimum Gasteiger partial charge on any atom is -0.353 e. The van der Waals surface area contributed by atoms with Gasteiger partial charge in [-0.15, -0.1) is 0 Å². The van der Waals surface area contributed by atoms with E-state index in [1.807, 2.05) is 18.2 Å². The average molecular weight is 373 g/mol. The zero-order valence-electron chi connectivity index (χ0n) is 13.0. The maximum Gasteiger partial charge on any atom is 0.270 e. The molecule has 2 aromatic heterocycles. The monoisotopic (exact) mass is 372 g/mol. The number of pyridine rings is 2. The van der Waals surface area contributed by atoms with Crippen LogP contribution in [0.25, 0.3) is 0 Å². The highest BCUT2D eigenvalue weighted by molar-refractivity contribution is 6.43. The lowest BCUT2D eigenvalue weighted by Crippen LogP contribution is -2.23. The molecule has 1 amide bonds. The molecule has 0 aliphatic carbocycles. The van der Waals surface area contributed by atoms with Gasteiger partial charge in [0.2, 0.25) is 0 Å². The van der Waals surface area contributed by atoms with Gasteiger partial charge in [-0.1, -0.05) is 35.3 Å². The molecule has 5 nitrogen and oxygen atoms in total. The first kappa shape index (κ1) is 17.2. The molecule has 3 rings (SSSR count). The van der Waals surface area contributed by atoms with E-state index in [4.69, 9.17) is 23.2 Å². The second-order valence-corrected chi connectivity index (χ2v) is 5.99. The highest BCUT2D eigenvalue weighted by Gasteiger charge is 2.08. The number of nitrogens with one attached hydrogen (secondary N) is 2. The van der Waals surface area contributed by atoms with E-state index >= 15 is 0 Å². The number of carbonyl (C=O) groups excluding carboxylic acids is 1. The van der Waals surface area contributed by atoms with Gasteiger partial charge in [0.25, 0.3) is 5.91 Å². The van der Waals surface area contributed by atoms with Crippen LogP contribution in [0.2, 0.25) is 10.0 Å². The second-order valence-electron chi connectivity index (χ2n) is 5.20. The van der Waals surface area contributed by atoms with Gasteiger partial charge in [-0.3, -0.25) is 9.78 Å². The molecule has 3 aromatic rings. The van der Waals surface area contributed by atoms with Gasteiger partial charge in [-0.25, -0.2) is 4.98 Å². The van der Waals surface area contributed by atoms with Crippen molar-refractivity contribution in [1.82, 2.24) is 15.3 Å². The summed E-state index contributed by atoms with van der Waals surface area (Å²) in [5.41, 5.74) is 2.62. The number of benzene rings is 1. The van der Waals surface area contributed by atoms with Crippen molar-refractivity contribution in [2.75, 3.05) is 5.32 Å². The van der Waals surface area contributed by atoms with Gasteiger partial charge < -0.3 is 10.6 Å². The molecule has 0 atom stereocenters. The Kier molecular flexibility index (Phi) is 5.48. The summed E-state index contributed by atoms with van der Waals surface area (Å²) in [6.45, 7) is 0.395. The fourth-order valence-electron chi connectivity index (χ4n) is 2.13. The average Bonchev–Trinajstić information content (AvgIpc) is 2.65. The molecule has 0 spiro atoms. The van der Waals surface area contributed by atoms with E-state index in [-0.39, 0.29) is 5.91 Å². The lowest BCUT2D eigenvalue weighted by Gasteiger charge is -2.10. The highest BCUT2D eigenvalue weighted by atomic mass is 35.5. The summed E-state index contributed by atoms with van der Waals surface area (Å²) in [7, 11) is 0. The van der Waals surface area contributed by atoms with Crippen LogP contribution in [0.1, 0.15) is 16.1 Å². The van der Waals surface area contributed by atoms with Crippen LogP contribution in [0.3, 0.4) is 0 Å². The van der Waals surface area contributed by atoms with E-state index in [2.05, 4.69) is 20.6 Å². The van der Waals surface area contributed by atoms with Gasteiger partial charge >= 0.3 is 0 Å². The second kappa shape index (κ2) is 7.96. The molecule has 0 unspecified atom stereocenters. The summed E-state index contributed by atoms with van der Waals surface area (Å²) in [4.78, 5) is 20.3. The van der Waals surface area contributed by atoms with Crippen molar-refractivity contribution < 1.29 is 4.79 Å². The Balaban J connectivity index is 1.63. The molecule has 0 aliphatic heterocycles. The largest absolute Gasteiger partial charge is 0.353 e. The smallest absolute Gasteiger partial charge is 0.270 e. The molecule has 1 aromatic carbocycles. The third kappa shape index (κ3) is 4.47. The predicted octanol–water partition coefficient (Wildman–Crippen LogP) is 4.46. The number of aromatic nitrogens is 2. The summed E-state index contributed by atoms with van der Waals surface area (Å²) in [6, 6.07) is 12.4. The summed E-state index contributed by atoms with van der Waals surface area (Å²) in [6.07, 6.45) is 4.95. The molecule has 0 bridgehead atoms. The number of hydrogen-bond donors (Lipinski definition) is 2. The molecule has 25 heavy (non-hydrogen) atoms. The van der Waals surface area contributed by atoms with Crippen molar-refractivity contribution in [3.05, 3.63) is 82.4 Å². The first-order chi connectivity index (χ1) is 12.1. The van der Waals surface area contributed by atoms with Crippen LogP contribution in [0.4, 0.5) is 11.4 Å². The molecule has 0 radical (unpaired) electrons. The van der Waals surface area contributed by atoms with Crippen molar-refractivity contribution in [2.24, 2.45) is 0 Å². The standard InChI is InChI=1S/C18H14Cl2N4O/c19-14-4-1-5-15(17(14)20)24-13-6-7-16(22-11-13)18(25)23-10-12-3-2-8-21-9-12/h1-9,11,24H,10H2,(H,23,25). The Labute approximate surface area is 155 Å². The van der Waals surface area contributed by atoms with Gasteiger partial charge in [0.1, 0.15) is 5.69 Å². The van der Waals surface area contributed by atoms with Crippen LogP contribution < -0.4 is 10.6 Å². The predicted molar refractivity (Wildman–Crippen MR) is 99.4 cm³/mol. The van der Waals surface area contributed by atoms with Crippen LogP contribution in [-0.4, -0.2) is 15.9 Å². The molecule has 2 heterocycles. The van der Waals surface area contributed by atoms with Gasteiger partial charge in [0, 0.05) is 18.9 Å². The van der Waals surface area contributed by atoms with E-state index < -0.39 is 0 Å². The number of carbonyl (C=O) groups is 1. The van der Waals surface area contributed by atoms with E-state index in [1.54, 1.807) is 42.9 Å². The molecule has 0 fully saturated rings. The van der Waals surface area contributed by atoms with E-state index in [9.17, 15) is 4.79 Å². The maximum atomic E-state index is 12.1. The molecule has 2 N–H and O–H groups in total. The van der Waals surface area contributed by atoms with E-state index in [0.717, 1.165) is 5.56 Å². The number of halogens is 2. The third-order valence-electron chi connectivity index (χ3n) is 3.40. The lowest BCUT2D eigenvalue weighted by atomic mass is 10.2. The molecule has 0 aliphatic rings. The fraction of sp³-hybridized carbons (Fsp3) is 0.0556. The van der Waals surface area contributed by atoms with Gasteiger partial charge in [-0.05, 0) is 35.9 Å². The van der Waals surface area contributed by atoms with Crippen molar-refractivity contribution in [1.29, 1.82) is 0 Å². The number of nitrogens with zero attached hydrogens (tertiary/aromatic N) is 2. The Hall–Kier alpha value is -2.63. The first-order valence-corrected chi connectivity index (χ1v) is 8.23. The van der Waals surface area contributed by atoms with Gasteiger partial charge in [0.05, 0.1) is 27.6 Å². The Morgan fingerprint density at radius 1 is 1.04 bits per heavy atom. The zero-order chi connectivity index (χ0) is 17.6. The van der Waals surface area contributed by atoms with Crippen LogP contribution in [0, 0.1) is 0 Å². The van der Waals surface area contributed by atoms with Crippen LogP contribution >= 0.6 is 23.2 Å². The Morgan fingerprint density at radius 2 is 1.92 bits per heavy atom. The maximum absolute atomic E-state index is 12.1. The van der Waals surface area contributed by atoms with Gasteiger partial charge in [-0.2, -0.15) is 0 Å². The molecule has 0 saturated heterocycles. The summed E-state index contributed by atoms with van der Waals surface area (Å²) >= 11 is 12.1. The van der Waals surface area contributed by atoms with Crippen molar-refractivity contribution in [3.63, 3.8) is 0 Å². The molecular formula is C18H14Cl2N4O. The minimum absolute atomic E-state index is 0.254. The van der Waals surface area contributed by atoms with Crippen molar-refractivity contribution in [3.8, 4) is 0 Å². The van der Waals surface area contributed by atoms with Crippen LogP contribution in [-0.2, 0) is 6.54 Å². The van der Waals surface area contributed by atoms with E-state index in [0.29, 0.717) is 33.7 Å².